The Balaban J connectivity index is 2.09. The van der Waals surface area contributed by atoms with Crippen molar-refractivity contribution in [2.75, 3.05) is 26.5 Å². The van der Waals surface area contributed by atoms with E-state index in [0.717, 1.165) is 16.8 Å². The zero-order valence-electron chi connectivity index (χ0n) is 14.4. The highest BCUT2D eigenvalue weighted by atomic mass is 16.5. The summed E-state index contributed by atoms with van der Waals surface area (Å²) in [5.41, 5.74) is 3.99. The third-order valence-corrected chi connectivity index (χ3v) is 3.71. The van der Waals surface area contributed by atoms with Gasteiger partial charge in [-0.1, -0.05) is 12.1 Å². The number of ether oxygens (including phenoxy) is 1. The standard InChI is InChI=1S/C19H22N2O3/c1-13-10-16(8-9-17(13)19(23)24-4)20-12-14-6-5-7-15(11-14)18(22)21(2)3/h5-11,20H,12H2,1-4H3. The highest BCUT2D eigenvalue weighted by molar-refractivity contribution is 5.94. The SMILES string of the molecule is COC(=O)c1ccc(NCc2cccc(C(=O)N(C)C)c2)cc1C. The molecule has 5 heteroatoms. The van der Waals surface area contributed by atoms with E-state index in [2.05, 4.69) is 5.32 Å². The van der Waals surface area contributed by atoms with E-state index in [-0.39, 0.29) is 11.9 Å². The van der Waals surface area contributed by atoms with Crippen molar-refractivity contribution in [3.63, 3.8) is 0 Å². The van der Waals surface area contributed by atoms with Crippen LogP contribution in [0.5, 0.6) is 0 Å². The van der Waals surface area contributed by atoms with Crippen LogP contribution in [0.3, 0.4) is 0 Å². The molecule has 0 unspecified atom stereocenters. The van der Waals surface area contributed by atoms with Crippen molar-refractivity contribution < 1.29 is 14.3 Å². The fourth-order valence-electron chi connectivity index (χ4n) is 2.39. The summed E-state index contributed by atoms with van der Waals surface area (Å²) in [6.45, 7) is 2.46. The fourth-order valence-corrected chi connectivity index (χ4v) is 2.39. The molecule has 0 saturated heterocycles. The number of hydrogen-bond acceptors (Lipinski definition) is 4. The van der Waals surface area contributed by atoms with Gasteiger partial charge in [0.15, 0.2) is 0 Å². The van der Waals surface area contributed by atoms with Gasteiger partial charge in [0.1, 0.15) is 0 Å². The van der Waals surface area contributed by atoms with Gasteiger partial charge in [-0.2, -0.15) is 0 Å². The molecule has 5 nitrogen and oxygen atoms in total. The average molecular weight is 326 g/mol. The van der Waals surface area contributed by atoms with Crippen molar-refractivity contribution in [1.82, 2.24) is 4.90 Å². The molecule has 0 aliphatic rings. The first-order chi connectivity index (χ1) is 11.4. The van der Waals surface area contributed by atoms with Crippen molar-refractivity contribution in [2.24, 2.45) is 0 Å². The molecule has 2 rings (SSSR count). The molecule has 0 aliphatic heterocycles. The second-order valence-corrected chi connectivity index (χ2v) is 5.77. The molecule has 126 valence electrons. The van der Waals surface area contributed by atoms with Crippen LogP contribution in [0, 0.1) is 6.92 Å². The Hall–Kier alpha value is -2.82. The normalized spacial score (nSPS) is 10.2. The average Bonchev–Trinajstić information content (AvgIpc) is 2.58. The summed E-state index contributed by atoms with van der Waals surface area (Å²) in [7, 11) is 4.84. The Kier molecular flexibility index (Phi) is 5.58. The van der Waals surface area contributed by atoms with E-state index in [9.17, 15) is 9.59 Å². The maximum Gasteiger partial charge on any atom is 0.338 e. The molecule has 0 atom stereocenters. The van der Waals surface area contributed by atoms with Crippen LogP contribution >= 0.6 is 0 Å². The molecule has 0 aliphatic carbocycles. The van der Waals surface area contributed by atoms with Gasteiger partial charge >= 0.3 is 5.97 Å². The van der Waals surface area contributed by atoms with E-state index in [1.165, 1.54) is 7.11 Å². The molecule has 2 aromatic rings. The first kappa shape index (κ1) is 17.5. The number of hydrogen-bond donors (Lipinski definition) is 1. The Morgan fingerprint density at radius 3 is 2.50 bits per heavy atom. The van der Waals surface area contributed by atoms with Crippen LogP contribution < -0.4 is 5.32 Å². The summed E-state index contributed by atoms with van der Waals surface area (Å²) in [4.78, 5) is 25.2. The Labute approximate surface area is 142 Å². The number of benzene rings is 2. The lowest BCUT2D eigenvalue weighted by Gasteiger charge is -2.12. The lowest BCUT2D eigenvalue weighted by molar-refractivity contribution is 0.0599. The van der Waals surface area contributed by atoms with Gasteiger partial charge in [0.2, 0.25) is 0 Å². The molecule has 0 fully saturated rings. The number of carbonyl (C=O) groups is 2. The summed E-state index contributed by atoms with van der Waals surface area (Å²) in [6, 6.07) is 13.0. The topological polar surface area (TPSA) is 58.6 Å². The van der Waals surface area contributed by atoms with Crippen molar-refractivity contribution in [3.05, 3.63) is 64.7 Å². The second-order valence-electron chi connectivity index (χ2n) is 5.77. The Morgan fingerprint density at radius 2 is 1.88 bits per heavy atom. The van der Waals surface area contributed by atoms with Crippen LogP contribution in [0.1, 0.15) is 31.8 Å². The van der Waals surface area contributed by atoms with Gasteiger partial charge in [0.05, 0.1) is 12.7 Å². The molecule has 0 spiro atoms. The smallest absolute Gasteiger partial charge is 0.338 e. The third kappa shape index (κ3) is 4.13. The number of anilines is 1. The maximum absolute atomic E-state index is 12.0. The minimum absolute atomic E-state index is 0.0184. The van der Waals surface area contributed by atoms with Crippen LogP contribution in [0.4, 0.5) is 5.69 Å². The molecule has 0 saturated carbocycles. The van der Waals surface area contributed by atoms with Crippen molar-refractivity contribution in [2.45, 2.75) is 13.5 Å². The molecule has 2 aromatic carbocycles. The highest BCUT2D eigenvalue weighted by Crippen LogP contribution is 2.17. The van der Waals surface area contributed by atoms with Gasteiger partial charge in [-0.3, -0.25) is 4.79 Å². The van der Waals surface area contributed by atoms with E-state index >= 15 is 0 Å². The highest BCUT2D eigenvalue weighted by Gasteiger charge is 2.10. The first-order valence-corrected chi connectivity index (χ1v) is 7.66. The summed E-state index contributed by atoms with van der Waals surface area (Å²) < 4.78 is 4.75. The molecular formula is C19H22N2O3. The van der Waals surface area contributed by atoms with Crippen molar-refractivity contribution in [1.29, 1.82) is 0 Å². The number of methoxy groups -OCH3 is 1. The zero-order chi connectivity index (χ0) is 17.7. The minimum Gasteiger partial charge on any atom is -0.465 e. The third-order valence-electron chi connectivity index (χ3n) is 3.71. The van der Waals surface area contributed by atoms with Gasteiger partial charge < -0.3 is 15.0 Å². The first-order valence-electron chi connectivity index (χ1n) is 7.66. The lowest BCUT2D eigenvalue weighted by atomic mass is 10.1. The molecule has 0 radical (unpaired) electrons. The van der Waals surface area contributed by atoms with E-state index in [1.54, 1.807) is 31.1 Å². The summed E-state index contributed by atoms with van der Waals surface area (Å²) in [6.07, 6.45) is 0. The monoisotopic (exact) mass is 326 g/mol. The van der Waals surface area contributed by atoms with Gasteiger partial charge in [-0.05, 0) is 48.4 Å². The fraction of sp³-hybridized carbons (Fsp3) is 0.263. The van der Waals surface area contributed by atoms with Crippen molar-refractivity contribution >= 4 is 17.6 Å². The minimum atomic E-state index is -0.339. The number of carbonyl (C=O) groups excluding carboxylic acids is 2. The van der Waals surface area contributed by atoms with E-state index in [1.807, 2.05) is 37.3 Å². The van der Waals surface area contributed by atoms with Gasteiger partial charge in [-0.15, -0.1) is 0 Å². The summed E-state index contributed by atoms with van der Waals surface area (Å²) in [5, 5.41) is 3.30. The van der Waals surface area contributed by atoms with Crippen LogP contribution in [0.15, 0.2) is 42.5 Å². The maximum atomic E-state index is 12.0. The number of aryl methyl sites for hydroxylation is 1. The molecule has 1 amide bonds. The molecule has 1 N–H and O–H groups in total. The van der Waals surface area contributed by atoms with Gasteiger partial charge in [0.25, 0.3) is 5.91 Å². The van der Waals surface area contributed by atoms with Gasteiger partial charge in [0, 0.05) is 31.9 Å². The summed E-state index contributed by atoms with van der Waals surface area (Å²) in [5.74, 6) is -0.357. The quantitative estimate of drug-likeness (QED) is 0.858. The number of amides is 1. The lowest BCUT2D eigenvalue weighted by Crippen LogP contribution is -2.21. The number of nitrogens with one attached hydrogen (secondary N) is 1. The van der Waals surface area contributed by atoms with Crippen molar-refractivity contribution in [3.8, 4) is 0 Å². The number of esters is 1. The second kappa shape index (κ2) is 7.64. The van der Waals surface area contributed by atoms with Crippen LogP contribution in [-0.4, -0.2) is 38.0 Å². The van der Waals surface area contributed by atoms with E-state index < -0.39 is 0 Å². The molecule has 0 heterocycles. The predicted octanol–water partition coefficient (Wildman–Crippen LogP) is 3.10. The zero-order valence-corrected chi connectivity index (χ0v) is 14.4. The summed E-state index contributed by atoms with van der Waals surface area (Å²) >= 11 is 0. The van der Waals surface area contributed by atoms with Crippen LogP contribution in [0.25, 0.3) is 0 Å². The predicted molar refractivity (Wildman–Crippen MR) is 94.3 cm³/mol. The van der Waals surface area contributed by atoms with E-state index in [0.29, 0.717) is 17.7 Å². The molecule has 0 bridgehead atoms. The van der Waals surface area contributed by atoms with E-state index in [4.69, 9.17) is 4.74 Å². The van der Waals surface area contributed by atoms with Gasteiger partial charge in [-0.25, -0.2) is 4.79 Å². The molecular weight excluding hydrogens is 304 g/mol. The van der Waals surface area contributed by atoms with Crippen LogP contribution in [-0.2, 0) is 11.3 Å². The molecule has 0 aromatic heterocycles. The Bertz CT molecular complexity index is 754. The molecule has 24 heavy (non-hydrogen) atoms. The van der Waals surface area contributed by atoms with Crippen LogP contribution in [0.2, 0.25) is 0 Å². The largest absolute Gasteiger partial charge is 0.465 e. The number of rotatable bonds is 5. The number of nitrogens with zero attached hydrogens (tertiary/aromatic N) is 1. The Morgan fingerprint density at radius 1 is 1.12 bits per heavy atom.